The second-order valence-corrected chi connectivity index (χ2v) is 4.88. The van der Waals surface area contributed by atoms with Crippen LogP contribution in [0.15, 0.2) is 0 Å². The van der Waals surface area contributed by atoms with Crippen LogP contribution in [0, 0.1) is 5.92 Å². The Morgan fingerprint density at radius 2 is 2.21 bits per heavy atom. The summed E-state index contributed by atoms with van der Waals surface area (Å²) in [6, 6.07) is 0.802. The van der Waals surface area contributed by atoms with Gasteiger partial charge < -0.3 is 5.32 Å². The van der Waals surface area contributed by atoms with Crippen molar-refractivity contribution in [3.05, 3.63) is 0 Å². The summed E-state index contributed by atoms with van der Waals surface area (Å²) in [5.74, 6) is 0.799. The van der Waals surface area contributed by atoms with Crippen LogP contribution in [-0.4, -0.2) is 56.2 Å². The molecule has 0 radical (unpaired) electrons. The molecule has 3 nitrogen and oxygen atoms in total. The van der Waals surface area contributed by atoms with E-state index < -0.39 is 0 Å². The van der Waals surface area contributed by atoms with Gasteiger partial charge in [0.05, 0.1) is 0 Å². The van der Waals surface area contributed by atoms with Gasteiger partial charge in [0.25, 0.3) is 0 Å². The van der Waals surface area contributed by atoms with E-state index in [1.54, 1.807) is 0 Å². The predicted octanol–water partition coefficient (Wildman–Crippen LogP) is 0.825. The number of nitrogens with zero attached hydrogens (tertiary/aromatic N) is 2. The molecule has 0 aromatic carbocycles. The summed E-state index contributed by atoms with van der Waals surface area (Å²) in [4.78, 5) is 4.97. The fraction of sp³-hybridized carbons (Fsp3) is 1.00. The van der Waals surface area contributed by atoms with Crippen molar-refractivity contribution in [2.45, 2.75) is 26.3 Å². The molecule has 1 heterocycles. The van der Waals surface area contributed by atoms with Crippen molar-refractivity contribution in [1.82, 2.24) is 15.1 Å². The van der Waals surface area contributed by atoms with E-state index in [0.717, 1.165) is 18.6 Å². The Balaban J connectivity index is 2.18. The van der Waals surface area contributed by atoms with E-state index in [9.17, 15) is 0 Å². The zero-order valence-electron chi connectivity index (χ0n) is 10.1. The van der Waals surface area contributed by atoms with Gasteiger partial charge >= 0.3 is 0 Å². The second-order valence-electron chi connectivity index (χ2n) is 4.88. The molecule has 1 saturated heterocycles. The van der Waals surface area contributed by atoms with Crippen molar-refractivity contribution in [3.63, 3.8) is 0 Å². The van der Waals surface area contributed by atoms with Gasteiger partial charge in [-0.3, -0.25) is 9.80 Å². The van der Waals surface area contributed by atoms with Crippen LogP contribution < -0.4 is 5.32 Å². The van der Waals surface area contributed by atoms with E-state index in [-0.39, 0.29) is 0 Å². The van der Waals surface area contributed by atoms with Gasteiger partial charge in [-0.2, -0.15) is 0 Å². The normalized spacial score (nSPS) is 23.1. The number of nitrogens with one attached hydrogen (secondary N) is 1. The molecule has 0 aromatic heterocycles. The summed E-state index contributed by atoms with van der Waals surface area (Å²) in [7, 11) is 4.19. The molecule has 1 rings (SSSR count). The van der Waals surface area contributed by atoms with Crippen LogP contribution in [-0.2, 0) is 0 Å². The van der Waals surface area contributed by atoms with Gasteiger partial charge in [0.1, 0.15) is 0 Å². The Bertz CT molecular complexity index is 159. The van der Waals surface area contributed by atoms with E-state index in [2.05, 4.69) is 36.0 Å². The molecule has 1 atom stereocenters. The van der Waals surface area contributed by atoms with E-state index in [4.69, 9.17) is 0 Å². The van der Waals surface area contributed by atoms with E-state index >= 15 is 0 Å². The lowest BCUT2D eigenvalue weighted by Gasteiger charge is -2.43. The number of likely N-dealkylation sites (N-methyl/N-ethyl adjacent to an activating group) is 1. The Kier molecular flexibility index (Phi) is 4.85. The van der Waals surface area contributed by atoms with Gasteiger partial charge in [-0.25, -0.2) is 0 Å². The largest absolute Gasteiger partial charge is 0.307 e. The highest BCUT2D eigenvalue weighted by molar-refractivity contribution is 4.85. The van der Waals surface area contributed by atoms with Gasteiger partial charge in [-0.1, -0.05) is 13.8 Å². The lowest BCUT2D eigenvalue weighted by atomic mass is 10.0. The minimum atomic E-state index is 0.799. The average molecular weight is 199 g/mol. The third kappa shape index (κ3) is 3.56. The summed E-state index contributed by atoms with van der Waals surface area (Å²) in [6.45, 7) is 9.35. The third-order valence-corrected chi connectivity index (χ3v) is 2.82. The summed E-state index contributed by atoms with van der Waals surface area (Å²) in [5, 5.41) is 3.18. The molecule has 0 amide bonds. The quantitative estimate of drug-likeness (QED) is 0.639. The minimum absolute atomic E-state index is 0.799. The lowest BCUT2D eigenvalue weighted by Crippen LogP contribution is -2.54. The molecule has 1 aliphatic heterocycles. The highest BCUT2D eigenvalue weighted by Crippen LogP contribution is 2.19. The molecule has 0 spiro atoms. The van der Waals surface area contributed by atoms with Crippen LogP contribution in [0.4, 0.5) is 0 Å². The Morgan fingerprint density at radius 1 is 1.50 bits per heavy atom. The monoisotopic (exact) mass is 199 g/mol. The highest BCUT2D eigenvalue weighted by Gasteiger charge is 2.28. The van der Waals surface area contributed by atoms with Crippen molar-refractivity contribution in [1.29, 1.82) is 0 Å². The average Bonchev–Trinajstić information content (AvgIpc) is 2.09. The molecular formula is C11H25N3. The lowest BCUT2D eigenvalue weighted by molar-refractivity contribution is 0.0512. The molecule has 3 heteroatoms. The number of hydrogen-bond acceptors (Lipinski definition) is 3. The SMILES string of the molecule is CNCN(C)CC1CCN1CC(C)C. The maximum Gasteiger partial charge on any atom is 0.0475 e. The van der Waals surface area contributed by atoms with Gasteiger partial charge in [-0.15, -0.1) is 0 Å². The first-order valence-corrected chi connectivity index (χ1v) is 5.70. The van der Waals surface area contributed by atoms with Gasteiger partial charge in [0, 0.05) is 32.3 Å². The van der Waals surface area contributed by atoms with E-state index in [0.29, 0.717) is 0 Å². The van der Waals surface area contributed by atoms with Crippen LogP contribution in [0.1, 0.15) is 20.3 Å². The van der Waals surface area contributed by atoms with Crippen molar-refractivity contribution >= 4 is 0 Å². The summed E-state index contributed by atoms with van der Waals surface area (Å²) in [5.41, 5.74) is 0. The van der Waals surface area contributed by atoms with Crippen LogP contribution in [0.3, 0.4) is 0 Å². The standard InChI is InChI=1S/C11H25N3/c1-10(2)7-14-6-5-11(14)8-13(4)9-12-3/h10-12H,5-9H2,1-4H3. The fourth-order valence-electron chi connectivity index (χ4n) is 2.10. The molecule has 0 saturated carbocycles. The van der Waals surface area contributed by atoms with Crippen molar-refractivity contribution in [3.8, 4) is 0 Å². The van der Waals surface area contributed by atoms with Crippen LogP contribution in [0.5, 0.6) is 0 Å². The first-order valence-electron chi connectivity index (χ1n) is 5.70. The molecule has 84 valence electrons. The van der Waals surface area contributed by atoms with Crippen molar-refractivity contribution < 1.29 is 0 Å². The zero-order valence-corrected chi connectivity index (χ0v) is 10.1. The number of hydrogen-bond donors (Lipinski definition) is 1. The van der Waals surface area contributed by atoms with Crippen molar-refractivity contribution in [2.75, 3.05) is 40.4 Å². The molecular weight excluding hydrogens is 174 g/mol. The fourth-order valence-corrected chi connectivity index (χ4v) is 2.10. The van der Waals surface area contributed by atoms with E-state index in [1.807, 2.05) is 7.05 Å². The third-order valence-electron chi connectivity index (χ3n) is 2.82. The van der Waals surface area contributed by atoms with Gasteiger partial charge in [0.2, 0.25) is 0 Å². The van der Waals surface area contributed by atoms with Gasteiger partial charge in [0.15, 0.2) is 0 Å². The topological polar surface area (TPSA) is 18.5 Å². The van der Waals surface area contributed by atoms with Crippen LogP contribution in [0.2, 0.25) is 0 Å². The maximum absolute atomic E-state index is 3.18. The van der Waals surface area contributed by atoms with Crippen LogP contribution in [0.25, 0.3) is 0 Å². The molecule has 1 N–H and O–H groups in total. The first kappa shape index (κ1) is 12.0. The molecule has 1 fully saturated rings. The molecule has 0 aliphatic carbocycles. The maximum atomic E-state index is 3.18. The summed E-state index contributed by atoms with van der Waals surface area (Å²) in [6.07, 6.45) is 1.38. The molecule has 1 unspecified atom stereocenters. The summed E-state index contributed by atoms with van der Waals surface area (Å²) < 4.78 is 0. The zero-order chi connectivity index (χ0) is 10.6. The highest BCUT2D eigenvalue weighted by atomic mass is 15.3. The predicted molar refractivity (Wildman–Crippen MR) is 61.4 cm³/mol. The van der Waals surface area contributed by atoms with Gasteiger partial charge in [-0.05, 0) is 26.4 Å². The first-order chi connectivity index (χ1) is 6.63. The Labute approximate surface area is 88.5 Å². The molecule has 14 heavy (non-hydrogen) atoms. The summed E-state index contributed by atoms with van der Waals surface area (Å²) >= 11 is 0. The number of rotatable bonds is 6. The van der Waals surface area contributed by atoms with E-state index in [1.165, 1.54) is 26.1 Å². The molecule has 0 bridgehead atoms. The Hall–Kier alpha value is -0.120. The Morgan fingerprint density at radius 3 is 2.64 bits per heavy atom. The second kappa shape index (κ2) is 5.69. The smallest absolute Gasteiger partial charge is 0.0475 e. The van der Waals surface area contributed by atoms with Crippen LogP contribution >= 0.6 is 0 Å². The molecule has 0 aromatic rings. The van der Waals surface area contributed by atoms with Crippen molar-refractivity contribution in [2.24, 2.45) is 5.92 Å². The number of likely N-dealkylation sites (tertiary alicyclic amines) is 1. The minimum Gasteiger partial charge on any atom is -0.307 e. The molecule has 1 aliphatic rings.